The summed E-state index contributed by atoms with van der Waals surface area (Å²) in [6, 6.07) is 1.51. The summed E-state index contributed by atoms with van der Waals surface area (Å²) in [5, 5.41) is 8.35. The van der Waals surface area contributed by atoms with Gasteiger partial charge in [-0.05, 0) is 33.6 Å². The fourth-order valence-corrected chi connectivity index (χ4v) is 4.50. The molecule has 0 aromatic carbocycles. The van der Waals surface area contributed by atoms with E-state index in [0.717, 1.165) is 5.69 Å². The molecule has 1 saturated carbocycles. The molecule has 1 saturated heterocycles. The number of alkyl halides is 2. The zero-order valence-corrected chi connectivity index (χ0v) is 19.2. The van der Waals surface area contributed by atoms with Gasteiger partial charge in [-0.25, -0.2) is 18.1 Å². The van der Waals surface area contributed by atoms with Gasteiger partial charge >= 0.3 is 6.09 Å². The Balaban J connectivity index is 1.36. The number of ether oxygens (including phenoxy) is 1. The lowest BCUT2D eigenvalue weighted by atomic mass is 9.81. The number of carbonyl (C=O) groups excluding carboxylic acids is 1. The first-order valence-corrected chi connectivity index (χ1v) is 11.3. The smallest absolute Gasteiger partial charge is 0.410 e. The van der Waals surface area contributed by atoms with Crippen LogP contribution in [0.25, 0.3) is 17.0 Å². The molecule has 0 spiro atoms. The van der Waals surface area contributed by atoms with Gasteiger partial charge in [-0.15, -0.1) is 0 Å². The van der Waals surface area contributed by atoms with Crippen molar-refractivity contribution in [2.75, 3.05) is 13.1 Å². The number of hydrogen-bond acceptors (Lipinski definition) is 7. The van der Waals surface area contributed by atoms with Crippen LogP contribution in [0.15, 0.2) is 21.6 Å². The number of nitrogens with one attached hydrogen (secondary N) is 1. The standard InChI is InChI=1S/C22H26F2N6O4/c1-21(2,3)33-20(32)29-6-4-12(5-7-29)15-8-16(31)26-18-14(11-25-30(15)18)17-27-19(34-28-17)13-9-22(23,24)10-13/h8,11-13H,4-7,9-10H2,1-3H3,(H,26,31). The SMILES string of the molecule is CC(C)(C)OC(=O)N1CCC(c2cc(=O)[nH]c3c(-c4noc(C5CC(F)(F)C5)n4)cnn23)CC1. The van der Waals surface area contributed by atoms with Gasteiger partial charge in [0, 0.05) is 43.8 Å². The fraction of sp³-hybridized carbons (Fsp3) is 0.591. The van der Waals surface area contributed by atoms with Crippen LogP contribution in [0.4, 0.5) is 13.6 Å². The van der Waals surface area contributed by atoms with Crippen LogP contribution in [0.5, 0.6) is 0 Å². The van der Waals surface area contributed by atoms with E-state index in [1.165, 1.54) is 12.3 Å². The van der Waals surface area contributed by atoms with E-state index in [0.29, 0.717) is 37.1 Å². The van der Waals surface area contributed by atoms with Crippen LogP contribution in [0.3, 0.4) is 0 Å². The van der Waals surface area contributed by atoms with Crippen LogP contribution in [-0.2, 0) is 4.74 Å². The number of aromatic nitrogens is 5. The number of nitrogens with zero attached hydrogens (tertiary/aromatic N) is 5. The van der Waals surface area contributed by atoms with Gasteiger partial charge in [0.05, 0.1) is 17.5 Å². The Morgan fingerprint density at radius 3 is 2.59 bits per heavy atom. The van der Waals surface area contributed by atoms with Crippen molar-refractivity contribution in [3.8, 4) is 11.4 Å². The number of aromatic amines is 1. The van der Waals surface area contributed by atoms with Crippen LogP contribution in [0.1, 0.15) is 69.9 Å². The summed E-state index contributed by atoms with van der Waals surface area (Å²) in [5.41, 5.74) is 0.708. The molecule has 1 N–H and O–H groups in total. The Kier molecular flexibility index (Phi) is 5.21. The van der Waals surface area contributed by atoms with Gasteiger partial charge in [0.1, 0.15) is 11.2 Å². The monoisotopic (exact) mass is 476 g/mol. The third kappa shape index (κ3) is 4.28. The van der Waals surface area contributed by atoms with Crippen molar-refractivity contribution < 1.29 is 22.8 Å². The van der Waals surface area contributed by atoms with E-state index in [1.807, 2.05) is 20.8 Å². The number of piperidine rings is 1. The molecule has 3 aromatic heterocycles. The average molecular weight is 476 g/mol. The second-order valence-electron chi connectivity index (χ2n) is 10.0. The molecule has 0 radical (unpaired) electrons. The zero-order chi connectivity index (χ0) is 24.3. The van der Waals surface area contributed by atoms with Crippen molar-refractivity contribution in [2.45, 2.75) is 69.8 Å². The van der Waals surface area contributed by atoms with Gasteiger partial charge in [-0.2, -0.15) is 10.1 Å². The quantitative estimate of drug-likeness (QED) is 0.612. The predicted molar refractivity (Wildman–Crippen MR) is 116 cm³/mol. The van der Waals surface area contributed by atoms with E-state index in [1.54, 1.807) is 9.42 Å². The maximum absolute atomic E-state index is 13.2. The molecule has 5 rings (SSSR count). The summed E-state index contributed by atoms with van der Waals surface area (Å²) in [4.78, 5) is 33.5. The molecule has 0 bridgehead atoms. The summed E-state index contributed by atoms with van der Waals surface area (Å²) >= 11 is 0. The number of rotatable bonds is 3. The molecule has 182 valence electrons. The van der Waals surface area contributed by atoms with Crippen molar-refractivity contribution in [1.82, 2.24) is 29.6 Å². The molecule has 2 fully saturated rings. The molecule has 34 heavy (non-hydrogen) atoms. The Hall–Kier alpha value is -3.31. The third-order valence-corrected chi connectivity index (χ3v) is 6.22. The minimum Gasteiger partial charge on any atom is -0.444 e. The van der Waals surface area contributed by atoms with Crippen molar-refractivity contribution in [3.05, 3.63) is 34.2 Å². The number of halogens is 2. The van der Waals surface area contributed by atoms with E-state index in [2.05, 4.69) is 20.2 Å². The lowest BCUT2D eigenvalue weighted by Gasteiger charge is -2.33. The number of likely N-dealkylation sites (tertiary alicyclic amines) is 1. The molecule has 0 unspecified atom stereocenters. The number of H-pyrrole nitrogens is 1. The molecule has 10 nitrogen and oxygen atoms in total. The van der Waals surface area contributed by atoms with Crippen LogP contribution in [0.2, 0.25) is 0 Å². The number of hydrogen-bond donors (Lipinski definition) is 1. The largest absolute Gasteiger partial charge is 0.444 e. The number of carbonyl (C=O) groups is 1. The van der Waals surface area contributed by atoms with Gasteiger partial charge in [0.25, 0.3) is 5.56 Å². The molecule has 1 aliphatic carbocycles. The highest BCUT2D eigenvalue weighted by atomic mass is 19.3. The van der Waals surface area contributed by atoms with Crippen LogP contribution in [-0.4, -0.2) is 60.3 Å². The molecule has 2 aliphatic rings. The summed E-state index contributed by atoms with van der Waals surface area (Å²) in [5.74, 6) is -2.80. The minimum atomic E-state index is -2.69. The maximum atomic E-state index is 13.2. The first kappa shape index (κ1) is 22.5. The summed E-state index contributed by atoms with van der Waals surface area (Å²) < 4.78 is 38.7. The summed E-state index contributed by atoms with van der Waals surface area (Å²) in [6.45, 7) is 6.49. The summed E-state index contributed by atoms with van der Waals surface area (Å²) in [6.07, 6.45) is 1.85. The number of amides is 1. The summed E-state index contributed by atoms with van der Waals surface area (Å²) in [7, 11) is 0. The van der Waals surface area contributed by atoms with Gasteiger partial charge in [0.2, 0.25) is 17.6 Å². The first-order chi connectivity index (χ1) is 16.0. The maximum Gasteiger partial charge on any atom is 0.410 e. The van der Waals surface area contributed by atoms with Crippen molar-refractivity contribution in [3.63, 3.8) is 0 Å². The lowest BCUT2D eigenvalue weighted by molar-refractivity contribution is -0.0925. The second-order valence-corrected chi connectivity index (χ2v) is 10.0. The first-order valence-electron chi connectivity index (χ1n) is 11.3. The van der Waals surface area contributed by atoms with Crippen LogP contribution in [0, 0.1) is 0 Å². The lowest BCUT2D eigenvalue weighted by Crippen LogP contribution is -2.41. The highest BCUT2D eigenvalue weighted by molar-refractivity contribution is 5.72. The Bertz CT molecular complexity index is 1270. The topological polar surface area (TPSA) is 119 Å². The van der Waals surface area contributed by atoms with E-state index < -0.39 is 17.4 Å². The molecular weight excluding hydrogens is 450 g/mol. The highest BCUT2D eigenvalue weighted by Crippen LogP contribution is 2.48. The number of fused-ring (bicyclic) bond motifs is 1. The van der Waals surface area contributed by atoms with E-state index >= 15 is 0 Å². The Morgan fingerprint density at radius 2 is 1.94 bits per heavy atom. The van der Waals surface area contributed by atoms with E-state index in [4.69, 9.17) is 9.26 Å². The molecule has 3 aromatic rings. The molecule has 4 heterocycles. The van der Waals surface area contributed by atoms with Crippen LogP contribution >= 0.6 is 0 Å². The second kappa shape index (κ2) is 7.88. The third-order valence-electron chi connectivity index (χ3n) is 6.22. The molecule has 1 amide bonds. The zero-order valence-electron chi connectivity index (χ0n) is 19.2. The van der Waals surface area contributed by atoms with Crippen molar-refractivity contribution in [1.29, 1.82) is 0 Å². The normalized spacial score (nSPS) is 19.4. The van der Waals surface area contributed by atoms with Crippen LogP contribution < -0.4 is 5.56 Å². The van der Waals surface area contributed by atoms with Gasteiger partial charge < -0.3 is 19.1 Å². The average Bonchev–Trinajstić information content (AvgIpc) is 3.37. The Morgan fingerprint density at radius 1 is 1.24 bits per heavy atom. The van der Waals surface area contributed by atoms with Crippen molar-refractivity contribution in [2.24, 2.45) is 0 Å². The molecular formula is C22H26F2N6O4. The Labute approximate surface area is 193 Å². The van der Waals surface area contributed by atoms with Gasteiger partial charge in [-0.1, -0.05) is 5.16 Å². The minimum absolute atomic E-state index is 0.00859. The van der Waals surface area contributed by atoms with Crippen molar-refractivity contribution >= 4 is 11.7 Å². The fourth-order valence-electron chi connectivity index (χ4n) is 4.50. The molecule has 0 atom stereocenters. The molecule has 12 heteroatoms. The highest BCUT2D eigenvalue weighted by Gasteiger charge is 2.48. The molecule has 1 aliphatic heterocycles. The van der Waals surface area contributed by atoms with Gasteiger partial charge in [0.15, 0.2) is 0 Å². The predicted octanol–water partition coefficient (Wildman–Crippen LogP) is 3.70. The van der Waals surface area contributed by atoms with E-state index in [9.17, 15) is 18.4 Å². The van der Waals surface area contributed by atoms with Gasteiger partial charge in [-0.3, -0.25) is 4.79 Å². The van der Waals surface area contributed by atoms with E-state index in [-0.39, 0.29) is 42.1 Å².